The second-order valence-corrected chi connectivity index (χ2v) is 3.20. The summed E-state index contributed by atoms with van der Waals surface area (Å²) in [4.78, 5) is 32.8. The van der Waals surface area contributed by atoms with E-state index in [1.807, 2.05) is 5.43 Å². The van der Waals surface area contributed by atoms with Crippen LogP contribution >= 0.6 is 0 Å². The van der Waals surface area contributed by atoms with Crippen molar-refractivity contribution in [1.29, 1.82) is 0 Å². The van der Waals surface area contributed by atoms with Crippen molar-refractivity contribution in [2.24, 2.45) is 0 Å². The number of aliphatic carboxylic acids is 1. The molecule has 2 amide bonds. The quantitative estimate of drug-likeness (QED) is 0.332. The number of amides is 2. The number of nitrogens with two attached hydrogens (primary N) is 1. The first-order valence-corrected chi connectivity index (χ1v) is 4.86. The maximum atomic E-state index is 11.6. The minimum Gasteiger partial charge on any atom is -0.478 e. The lowest BCUT2D eigenvalue weighted by atomic mass is 10.2. The Bertz CT molecular complexity index is 511. The standard InChI is InChI=1S/C11H11N3O4/c12-8-4-2-1-3-7(8)11(18)14-13-9(15)5-6-10(16)17/h1-6H,12H2,(H,13,15)(H,14,18)(H,16,17)/b6-5-. The molecule has 0 bridgehead atoms. The number of carbonyl (C=O) groups is 3. The van der Waals surface area contributed by atoms with Crippen molar-refractivity contribution < 1.29 is 19.5 Å². The second kappa shape index (κ2) is 6.04. The highest BCUT2D eigenvalue weighted by Gasteiger charge is 2.08. The number of anilines is 1. The van der Waals surface area contributed by atoms with Gasteiger partial charge in [0.15, 0.2) is 0 Å². The maximum absolute atomic E-state index is 11.6. The van der Waals surface area contributed by atoms with Crippen molar-refractivity contribution in [1.82, 2.24) is 10.9 Å². The molecule has 0 spiro atoms. The Morgan fingerprint density at radius 1 is 1.11 bits per heavy atom. The van der Waals surface area contributed by atoms with Gasteiger partial charge in [0.1, 0.15) is 0 Å². The molecule has 0 fully saturated rings. The Morgan fingerprint density at radius 3 is 2.39 bits per heavy atom. The number of carbonyl (C=O) groups excluding carboxylic acids is 2. The van der Waals surface area contributed by atoms with Gasteiger partial charge in [-0.3, -0.25) is 20.4 Å². The van der Waals surface area contributed by atoms with Crippen LogP contribution in [0, 0.1) is 0 Å². The highest BCUT2D eigenvalue weighted by molar-refractivity contribution is 6.01. The van der Waals surface area contributed by atoms with Crippen LogP contribution in [0.3, 0.4) is 0 Å². The number of hydrogen-bond donors (Lipinski definition) is 4. The average Bonchev–Trinajstić information content (AvgIpc) is 2.34. The summed E-state index contributed by atoms with van der Waals surface area (Å²) < 4.78 is 0. The van der Waals surface area contributed by atoms with Gasteiger partial charge in [-0.2, -0.15) is 0 Å². The van der Waals surface area contributed by atoms with Crippen molar-refractivity contribution in [3.63, 3.8) is 0 Å². The zero-order valence-corrected chi connectivity index (χ0v) is 9.21. The molecule has 0 aromatic heterocycles. The predicted molar refractivity (Wildman–Crippen MR) is 63.2 cm³/mol. The van der Waals surface area contributed by atoms with Gasteiger partial charge in [0.2, 0.25) is 0 Å². The fourth-order valence-corrected chi connectivity index (χ4v) is 1.08. The summed E-state index contributed by atoms with van der Waals surface area (Å²) >= 11 is 0. The largest absolute Gasteiger partial charge is 0.478 e. The zero-order chi connectivity index (χ0) is 13.5. The summed E-state index contributed by atoms with van der Waals surface area (Å²) in [5, 5.41) is 8.28. The van der Waals surface area contributed by atoms with Crippen LogP contribution in [0.5, 0.6) is 0 Å². The fraction of sp³-hybridized carbons (Fsp3) is 0. The number of benzene rings is 1. The number of rotatable bonds is 3. The molecule has 0 aliphatic carbocycles. The molecule has 7 heteroatoms. The van der Waals surface area contributed by atoms with E-state index < -0.39 is 17.8 Å². The number of para-hydroxylation sites is 1. The normalized spacial score (nSPS) is 10.0. The Balaban J connectivity index is 2.55. The summed E-state index contributed by atoms with van der Waals surface area (Å²) in [6.07, 6.45) is 1.43. The van der Waals surface area contributed by atoms with Gasteiger partial charge in [0, 0.05) is 17.8 Å². The highest BCUT2D eigenvalue weighted by atomic mass is 16.4. The SMILES string of the molecule is Nc1ccccc1C(=O)NNC(=O)/C=C\C(=O)O. The van der Waals surface area contributed by atoms with Crippen LogP contribution in [0.4, 0.5) is 5.69 Å². The Kier molecular flexibility index (Phi) is 4.44. The van der Waals surface area contributed by atoms with E-state index in [0.717, 1.165) is 6.08 Å². The van der Waals surface area contributed by atoms with Gasteiger partial charge in [0.25, 0.3) is 11.8 Å². The number of carboxylic acid groups (broad SMARTS) is 1. The monoisotopic (exact) mass is 249 g/mol. The molecule has 18 heavy (non-hydrogen) atoms. The van der Waals surface area contributed by atoms with E-state index in [1.165, 1.54) is 6.07 Å². The van der Waals surface area contributed by atoms with Gasteiger partial charge in [-0.15, -0.1) is 0 Å². The number of carboxylic acids is 1. The lowest BCUT2D eigenvalue weighted by Gasteiger charge is -2.06. The third kappa shape index (κ3) is 3.97. The first-order chi connectivity index (χ1) is 8.50. The molecule has 0 heterocycles. The smallest absolute Gasteiger partial charge is 0.328 e. The van der Waals surface area contributed by atoms with Gasteiger partial charge in [-0.25, -0.2) is 4.79 Å². The van der Waals surface area contributed by atoms with Gasteiger partial charge >= 0.3 is 5.97 Å². The van der Waals surface area contributed by atoms with Gasteiger partial charge < -0.3 is 10.8 Å². The van der Waals surface area contributed by atoms with Crippen LogP contribution < -0.4 is 16.6 Å². The summed E-state index contributed by atoms with van der Waals surface area (Å²) in [6, 6.07) is 6.32. The molecule has 0 saturated carbocycles. The van der Waals surface area contributed by atoms with E-state index in [0.29, 0.717) is 6.08 Å². The molecule has 0 aliphatic rings. The summed E-state index contributed by atoms with van der Waals surface area (Å²) in [5.41, 5.74) is 10.2. The minimum absolute atomic E-state index is 0.208. The zero-order valence-electron chi connectivity index (χ0n) is 9.21. The maximum Gasteiger partial charge on any atom is 0.328 e. The van der Waals surface area contributed by atoms with Crippen molar-refractivity contribution in [3.05, 3.63) is 42.0 Å². The molecule has 94 valence electrons. The Labute approximate surface area is 102 Å². The summed E-state index contributed by atoms with van der Waals surface area (Å²) in [5.74, 6) is -2.62. The highest BCUT2D eigenvalue weighted by Crippen LogP contribution is 2.09. The van der Waals surface area contributed by atoms with Gasteiger partial charge in [0.05, 0.1) is 5.56 Å². The second-order valence-electron chi connectivity index (χ2n) is 3.20. The molecule has 1 aromatic carbocycles. The van der Waals surface area contributed by atoms with Crippen molar-refractivity contribution >= 4 is 23.5 Å². The molecule has 0 radical (unpaired) electrons. The molecule has 0 atom stereocenters. The number of nitrogens with one attached hydrogen (secondary N) is 2. The van der Waals surface area contributed by atoms with Crippen LogP contribution in [-0.2, 0) is 9.59 Å². The number of hydrogen-bond acceptors (Lipinski definition) is 4. The first kappa shape index (κ1) is 13.2. The summed E-state index contributed by atoms with van der Waals surface area (Å²) in [6.45, 7) is 0. The fourth-order valence-electron chi connectivity index (χ4n) is 1.08. The van der Waals surface area contributed by atoms with E-state index in [9.17, 15) is 14.4 Å². The van der Waals surface area contributed by atoms with Crippen LogP contribution in [0.25, 0.3) is 0 Å². The van der Waals surface area contributed by atoms with Crippen LogP contribution in [0.15, 0.2) is 36.4 Å². The topological polar surface area (TPSA) is 122 Å². The van der Waals surface area contributed by atoms with E-state index >= 15 is 0 Å². The number of nitrogen functional groups attached to an aromatic ring is 1. The molecule has 1 aromatic rings. The molecular formula is C11H11N3O4. The molecule has 1 rings (SSSR count). The van der Waals surface area contributed by atoms with Crippen LogP contribution in [-0.4, -0.2) is 22.9 Å². The van der Waals surface area contributed by atoms with Crippen LogP contribution in [0.1, 0.15) is 10.4 Å². The van der Waals surface area contributed by atoms with E-state index in [-0.39, 0.29) is 11.3 Å². The van der Waals surface area contributed by atoms with Crippen molar-refractivity contribution in [2.75, 3.05) is 5.73 Å². The molecule has 7 nitrogen and oxygen atoms in total. The lowest BCUT2D eigenvalue weighted by Crippen LogP contribution is -2.41. The Hall–Kier alpha value is -2.83. The molecule has 5 N–H and O–H groups in total. The van der Waals surface area contributed by atoms with E-state index in [2.05, 4.69) is 5.43 Å². The first-order valence-electron chi connectivity index (χ1n) is 4.86. The third-order valence-electron chi connectivity index (χ3n) is 1.88. The Morgan fingerprint density at radius 2 is 1.78 bits per heavy atom. The molecular weight excluding hydrogens is 238 g/mol. The van der Waals surface area contributed by atoms with Crippen molar-refractivity contribution in [2.45, 2.75) is 0 Å². The van der Waals surface area contributed by atoms with Crippen LogP contribution in [0.2, 0.25) is 0 Å². The molecule has 0 saturated heterocycles. The van der Waals surface area contributed by atoms with Crippen molar-refractivity contribution in [3.8, 4) is 0 Å². The predicted octanol–water partition coefficient (Wildman–Crippen LogP) is -0.329. The lowest BCUT2D eigenvalue weighted by molar-refractivity contribution is -0.131. The summed E-state index contributed by atoms with van der Waals surface area (Å²) in [7, 11) is 0. The van der Waals surface area contributed by atoms with Gasteiger partial charge in [-0.05, 0) is 12.1 Å². The number of hydrazine groups is 1. The van der Waals surface area contributed by atoms with E-state index in [1.54, 1.807) is 18.2 Å². The minimum atomic E-state index is -1.26. The molecule has 0 aliphatic heterocycles. The third-order valence-corrected chi connectivity index (χ3v) is 1.88. The average molecular weight is 249 g/mol. The van der Waals surface area contributed by atoms with Gasteiger partial charge in [-0.1, -0.05) is 12.1 Å². The van der Waals surface area contributed by atoms with E-state index in [4.69, 9.17) is 10.8 Å². The molecule has 0 unspecified atom stereocenters.